The highest BCUT2D eigenvalue weighted by Crippen LogP contribution is 2.21. The molecule has 2 aromatic carbocycles. The summed E-state index contributed by atoms with van der Waals surface area (Å²) in [5.41, 5.74) is 3.13. The van der Waals surface area contributed by atoms with Crippen molar-refractivity contribution < 1.29 is 14.2 Å². The van der Waals surface area contributed by atoms with E-state index in [0.29, 0.717) is 18.7 Å². The van der Waals surface area contributed by atoms with Gasteiger partial charge in [-0.2, -0.15) is 0 Å². The largest absolute Gasteiger partial charge is 0.387 e. The van der Waals surface area contributed by atoms with E-state index in [1.165, 1.54) is 23.4 Å². The van der Waals surface area contributed by atoms with E-state index in [9.17, 15) is 9.50 Å². The zero-order valence-electron chi connectivity index (χ0n) is 13.6. The molecule has 0 radical (unpaired) electrons. The highest BCUT2D eigenvalue weighted by atomic mass is 19.1. The lowest BCUT2D eigenvalue weighted by atomic mass is 10.1. The van der Waals surface area contributed by atoms with Gasteiger partial charge >= 0.3 is 0 Å². The number of benzene rings is 2. The summed E-state index contributed by atoms with van der Waals surface area (Å²) in [4.78, 5) is 2.33. The molecule has 1 aliphatic rings. The second-order valence-electron chi connectivity index (χ2n) is 5.93. The summed E-state index contributed by atoms with van der Waals surface area (Å²) in [7, 11) is 0. The van der Waals surface area contributed by atoms with Gasteiger partial charge < -0.3 is 20.1 Å². The average molecular weight is 330 g/mol. The maximum absolute atomic E-state index is 12.9. The molecule has 0 bridgehead atoms. The van der Waals surface area contributed by atoms with Crippen LogP contribution in [0.25, 0.3) is 0 Å². The molecule has 0 amide bonds. The number of hydrogen-bond acceptors (Lipinski definition) is 4. The molecule has 2 aromatic rings. The Morgan fingerprint density at radius 3 is 2.54 bits per heavy atom. The molecule has 1 saturated heterocycles. The van der Waals surface area contributed by atoms with Crippen LogP contribution in [0.15, 0.2) is 48.5 Å². The van der Waals surface area contributed by atoms with E-state index in [2.05, 4.69) is 22.3 Å². The van der Waals surface area contributed by atoms with E-state index in [-0.39, 0.29) is 5.82 Å². The standard InChI is InChI=1S/C19H23FN2O2/c20-17-7-5-15(6-8-17)19(23)14-21-13-16-3-1-2-4-18(16)22-9-11-24-12-10-22/h1-8,19,21,23H,9-14H2. The van der Waals surface area contributed by atoms with Crippen LogP contribution in [0.4, 0.5) is 10.1 Å². The Balaban J connectivity index is 1.57. The van der Waals surface area contributed by atoms with Crippen molar-refractivity contribution in [3.05, 3.63) is 65.5 Å². The van der Waals surface area contributed by atoms with Crippen molar-refractivity contribution in [1.82, 2.24) is 5.32 Å². The van der Waals surface area contributed by atoms with Gasteiger partial charge in [-0.25, -0.2) is 4.39 Å². The third-order valence-corrected chi connectivity index (χ3v) is 4.25. The summed E-state index contributed by atoms with van der Waals surface area (Å²) in [5.74, 6) is -0.293. The van der Waals surface area contributed by atoms with Crippen LogP contribution in [0.5, 0.6) is 0 Å². The highest BCUT2D eigenvalue weighted by Gasteiger charge is 2.14. The molecule has 3 rings (SSSR count). The number of rotatable bonds is 6. The van der Waals surface area contributed by atoms with Crippen molar-refractivity contribution in [3.8, 4) is 0 Å². The quantitative estimate of drug-likeness (QED) is 0.854. The first-order valence-electron chi connectivity index (χ1n) is 8.29. The predicted molar refractivity (Wildman–Crippen MR) is 92.5 cm³/mol. The molecule has 1 heterocycles. The molecule has 1 unspecified atom stereocenters. The summed E-state index contributed by atoms with van der Waals surface area (Å²) in [6.45, 7) is 4.40. The molecular weight excluding hydrogens is 307 g/mol. The monoisotopic (exact) mass is 330 g/mol. The van der Waals surface area contributed by atoms with Crippen molar-refractivity contribution >= 4 is 5.69 Å². The Morgan fingerprint density at radius 2 is 1.79 bits per heavy atom. The van der Waals surface area contributed by atoms with Crippen molar-refractivity contribution in [2.75, 3.05) is 37.7 Å². The van der Waals surface area contributed by atoms with E-state index in [1.54, 1.807) is 12.1 Å². The number of nitrogens with one attached hydrogen (secondary N) is 1. The van der Waals surface area contributed by atoms with Crippen LogP contribution in [0.3, 0.4) is 0 Å². The van der Waals surface area contributed by atoms with Crippen LogP contribution in [-0.2, 0) is 11.3 Å². The third-order valence-electron chi connectivity index (χ3n) is 4.25. The van der Waals surface area contributed by atoms with Crippen LogP contribution < -0.4 is 10.2 Å². The summed E-state index contributed by atoms with van der Waals surface area (Å²) in [5, 5.41) is 13.5. The van der Waals surface area contributed by atoms with Gasteiger partial charge in [-0.1, -0.05) is 30.3 Å². The zero-order valence-corrected chi connectivity index (χ0v) is 13.6. The fraction of sp³-hybridized carbons (Fsp3) is 0.368. The number of hydrogen-bond donors (Lipinski definition) is 2. The predicted octanol–water partition coefficient (Wildman–Crippen LogP) is 2.49. The van der Waals surface area contributed by atoms with Crippen LogP contribution >= 0.6 is 0 Å². The normalized spacial score (nSPS) is 16.2. The number of aliphatic hydroxyl groups excluding tert-OH is 1. The van der Waals surface area contributed by atoms with Gasteiger partial charge in [0.2, 0.25) is 0 Å². The molecular formula is C19H23FN2O2. The fourth-order valence-corrected chi connectivity index (χ4v) is 2.92. The van der Waals surface area contributed by atoms with Gasteiger partial charge in [0, 0.05) is 31.9 Å². The van der Waals surface area contributed by atoms with Crippen molar-refractivity contribution in [3.63, 3.8) is 0 Å². The number of aliphatic hydroxyl groups is 1. The van der Waals surface area contributed by atoms with Gasteiger partial charge in [0.25, 0.3) is 0 Å². The molecule has 0 aromatic heterocycles. The lowest BCUT2D eigenvalue weighted by Crippen LogP contribution is -2.37. The van der Waals surface area contributed by atoms with Crippen molar-refractivity contribution in [1.29, 1.82) is 0 Å². The lowest BCUT2D eigenvalue weighted by Gasteiger charge is -2.30. The Bertz CT molecular complexity index is 642. The maximum Gasteiger partial charge on any atom is 0.123 e. The second-order valence-corrected chi connectivity index (χ2v) is 5.93. The first kappa shape index (κ1) is 16.9. The van der Waals surface area contributed by atoms with E-state index < -0.39 is 6.10 Å². The zero-order chi connectivity index (χ0) is 16.8. The third kappa shape index (κ3) is 4.32. The van der Waals surface area contributed by atoms with E-state index in [4.69, 9.17) is 4.74 Å². The van der Waals surface area contributed by atoms with E-state index >= 15 is 0 Å². The minimum absolute atomic E-state index is 0.293. The molecule has 5 heteroatoms. The number of morpholine rings is 1. The average Bonchev–Trinajstić information content (AvgIpc) is 2.63. The second kappa shape index (κ2) is 8.24. The Labute approximate surface area is 141 Å². The summed E-state index contributed by atoms with van der Waals surface area (Å²) < 4.78 is 18.3. The molecule has 0 aliphatic carbocycles. The molecule has 128 valence electrons. The van der Waals surface area contributed by atoms with Gasteiger partial charge in [0.1, 0.15) is 5.82 Å². The molecule has 0 spiro atoms. The SMILES string of the molecule is OC(CNCc1ccccc1N1CCOCC1)c1ccc(F)cc1. The van der Waals surface area contributed by atoms with Crippen molar-refractivity contribution in [2.24, 2.45) is 0 Å². The van der Waals surface area contributed by atoms with Gasteiger partial charge in [0.05, 0.1) is 19.3 Å². The molecule has 4 nitrogen and oxygen atoms in total. The highest BCUT2D eigenvalue weighted by molar-refractivity contribution is 5.53. The van der Waals surface area contributed by atoms with Crippen molar-refractivity contribution in [2.45, 2.75) is 12.6 Å². The summed E-state index contributed by atoms with van der Waals surface area (Å²) in [6, 6.07) is 14.3. The first-order valence-corrected chi connectivity index (χ1v) is 8.29. The van der Waals surface area contributed by atoms with Gasteiger partial charge in [-0.05, 0) is 29.3 Å². The summed E-state index contributed by atoms with van der Waals surface area (Å²) >= 11 is 0. The summed E-state index contributed by atoms with van der Waals surface area (Å²) in [6.07, 6.45) is -0.652. The van der Waals surface area contributed by atoms with E-state index in [0.717, 1.165) is 26.3 Å². The molecule has 24 heavy (non-hydrogen) atoms. The lowest BCUT2D eigenvalue weighted by molar-refractivity contribution is 0.122. The molecule has 1 fully saturated rings. The fourth-order valence-electron chi connectivity index (χ4n) is 2.92. The molecule has 1 atom stereocenters. The van der Waals surface area contributed by atoms with Gasteiger partial charge in [-0.15, -0.1) is 0 Å². The molecule has 1 aliphatic heterocycles. The first-order chi connectivity index (χ1) is 11.7. The van der Waals surface area contributed by atoms with Crippen LogP contribution in [0.1, 0.15) is 17.2 Å². The minimum Gasteiger partial charge on any atom is -0.387 e. The smallest absolute Gasteiger partial charge is 0.123 e. The van der Waals surface area contributed by atoms with Crippen LogP contribution in [0, 0.1) is 5.82 Å². The Hall–Kier alpha value is -1.95. The molecule has 0 saturated carbocycles. The minimum atomic E-state index is -0.652. The van der Waals surface area contributed by atoms with Gasteiger partial charge in [-0.3, -0.25) is 0 Å². The molecule has 2 N–H and O–H groups in total. The Kier molecular flexibility index (Phi) is 5.80. The number of ether oxygens (including phenoxy) is 1. The van der Waals surface area contributed by atoms with Gasteiger partial charge in [0.15, 0.2) is 0 Å². The topological polar surface area (TPSA) is 44.7 Å². The van der Waals surface area contributed by atoms with E-state index in [1.807, 2.05) is 12.1 Å². The Morgan fingerprint density at radius 1 is 1.08 bits per heavy atom. The number of nitrogens with zero attached hydrogens (tertiary/aromatic N) is 1. The van der Waals surface area contributed by atoms with Crippen LogP contribution in [-0.4, -0.2) is 38.0 Å². The number of halogens is 1. The number of para-hydroxylation sites is 1. The van der Waals surface area contributed by atoms with Crippen LogP contribution in [0.2, 0.25) is 0 Å². The maximum atomic E-state index is 12.9. The number of anilines is 1.